The monoisotopic (exact) mass is 571 g/mol. The van der Waals surface area contributed by atoms with Gasteiger partial charge in [0.15, 0.2) is 17.4 Å². The molecule has 0 atom stereocenters. The second-order valence-corrected chi connectivity index (χ2v) is 9.73. The molecule has 1 aliphatic heterocycles. The van der Waals surface area contributed by atoms with Gasteiger partial charge in [0.1, 0.15) is 11.5 Å². The van der Waals surface area contributed by atoms with Crippen LogP contribution in [0.3, 0.4) is 0 Å². The van der Waals surface area contributed by atoms with E-state index in [9.17, 15) is 28.0 Å². The number of carbonyl (C=O) groups excluding carboxylic acids is 2. The number of halogens is 2. The van der Waals surface area contributed by atoms with Crippen LogP contribution < -0.4 is 21.2 Å². The number of anilines is 1. The van der Waals surface area contributed by atoms with Gasteiger partial charge in [0, 0.05) is 38.4 Å². The van der Waals surface area contributed by atoms with Crippen molar-refractivity contribution in [2.24, 2.45) is 0 Å². The van der Waals surface area contributed by atoms with Gasteiger partial charge in [0.2, 0.25) is 5.88 Å². The quantitative estimate of drug-likeness (QED) is 0.265. The van der Waals surface area contributed by atoms with Crippen LogP contribution in [-0.4, -0.2) is 78.0 Å². The summed E-state index contributed by atoms with van der Waals surface area (Å²) in [5.74, 6) is -3.02. The van der Waals surface area contributed by atoms with Crippen molar-refractivity contribution in [1.29, 1.82) is 0 Å². The van der Waals surface area contributed by atoms with E-state index in [4.69, 9.17) is 9.84 Å². The fraction of sp³-hybridized carbons (Fsp3) is 0.308. The summed E-state index contributed by atoms with van der Waals surface area (Å²) in [5.41, 5.74) is -2.67. The van der Waals surface area contributed by atoms with Crippen LogP contribution in [0.5, 0.6) is 11.6 Å². The number of H-pyrrole nitrogens is 1. The zero-order valence-electron chi connectivity index (χ0n) is 22.2. The summed E-state index contributed by atoms with van der Waals surface area (Å²) in [6.07, 6.45) is 3.55. The van der Waals surface area contributed by atoms with Crippen molar-refractivity contribution in [3.05, 3.63) is 87.1 Å². The summed E-state index contributed by atoms with van der Waals surface area (Å²) in [5, 5.41) is 11.7. The van der Waals surface area contributed by atoms with Crippen molar-refractivity contribution >= 4 is 17.6 Å². The number of benzene rings is 1. The normalized spacial score (nSPS) is 14.5. The number of carbonyl (C=O) groups is 2. The molecule has 0 bridgehead atoms. The van der Waals surface area contributed by atoms with Crippen LogP contribution in [0.1, 0.15) is 24.3 Å². The van der Waals surface area contributed by atoms with Gasteiger partial charge in [-0.15, -0.1) is 0 Å². The highest BCUT2D eigenvalue weighted by Crippen LogP contribution is 2.26. The van der Waals surface area contributed by atoms with Gasteiger partial charge < -0.3 is 34.5 Å². The molecular weight excluding hydrogens is 544 g/mol. The minimum absolute atomic E-state index is 0.0677. The Labute approximate surface area is 231 Å². The Bertz CT molecular complexity index is 1600. The minimum Gasteiger partial charge on any atom is -0.434 e. The van der Waals surface area contributed by atoms with E-state index in [1.807, 2.05) is 0 Å². The van der Waals surface area contributed by atoms with Gasteiger partial charge in [0.25, 0.3) is 11.8 Å². The lowest BCUT2D eigenvalue weighted by atomic mass is 9.97. The highest BCUT2D eigenvalue weighted by atomic mass is 19.1. The Kier molecular flexibility index (Phi) is 8.28. The van der Waals surface area contributed by atoms with Crippen molar-refractivity contribution in [3.63, 3.8) is 0 Å². The number of rotatable bonds is 8. The second-order valence-electron chi connectivity index (χ2n) is 9.73. The molecule has 0 aliphatic carbocycles. The van der Waals surface area contributed by atoms with Crippen molar-refractivity contribution in [2.45, 2.75) is 25.9 Å². The fourth-order valence-corrected chi connectivity index (χ4v) is 4.28. The molecule has 13 nitrogen and oxygen atoms in total. The average molecular weight is 572 g/mol. The number of amides is 2. The number of hydrogen-bond acceptors (Lipinski definition) is 9. The van der Waals surface area contributed by atoms with E-state index in [2.05, 4.69) is 26.8 Å². The lowest BCUT2D eigenvalue weighted by Crippen LogP contribution is -2.61. The van der Waals surface area contributed by atoms with Crippen LogP contribution >= 0.6 is 0 Å². The average Bonchev–Trinajstić information content (AvgIpc) is 2.92. The van der Waals surface area contributed by atoms with E-state index >= 15 is 0 Å². The van der Waals surface area contributed by atoms with Gasteiger partial charge in [0.05, 0.1) is 30.2 Å². The molecule has 15 heteroatoms. The zero-order chi connectivity index (χ0) is 29.9. The first-order chi connectivity index (χ1) is 19.4. The summed E-state index contributed by atoms with van der Waals surface area (Å²) in [6, 6.07) is 2.80. The Balaban J connectivity index is 1.39. The van der Waals surface area contributed by atoms with E-state index in [1.54, 1.807) is 18.7 Å². The number of piperazine rings is 1. The largest absolute Gasteiger partial charge is 0.434 e. The van der Waals surface area contributed by atoms with Crippen LogP contribution in [0.4, 0.5) is 14.6 Å². The fourth-order valence-electron chi connectivity index (χ4n) is 4.28. The molecule has 41 heavy (non-hydrogen) atoms. The molecule has 1 aromatic carbocycles. The van der Waals surface area contributed by atoms with Crippen LogP contribution in [0.2, 0.25) is 0 Å². The predicted molar refractivity (Wildman–Crippen MR) is 141 cm³/mol. The number of ether oxygens (including phenoxy) is 1. The van der Waals surface area contributed by atoms with Gasteiger partial charge in [-0.2, -0.15) is 0 Å². The third-order valence-electron chi connectivity index (χ3n) is 6.33. The molecule has 4 rings (SSSR count). The molecule has 0 spiro atoms. The Morgan fingerprint density at radius 2 is 1.95 bits per heavy atom. The first kappa shape index (κ1) is 29.1. The highest BCUT2D eigenvalue weighted by Gasteiger charge is 2.39. The molecule has 2 amide bonds. The van der Waals surface area contributed by atoms with E-state index in [-0.39, 0.29) is 61.6 Å². The smallest absolute Gasteiger partial charge is 0.316 e. The van der Waals surface area contributed by atoms with E-state index in [0.717, 1.165) is 22.9 Å². The number of aliphatic hydroxyl groups excluding tert-OH is 1. The Morgan fingerprint density at radius 3 is 2.59 bits per heavy atom. The number of aromatic nitrogens is 4. The molecule has 0 unspecified atom stereocenters. The molecule has 3 heterocycles. The SMILES string of the molecule is C=C(C(=O)Nc1cnc(Oc2ccc(F)cc2F)cn1)N1CCN(C(=O)c2cn(CCO)c(=O)c(=O)[nH]2)C(C)(C)C1. The van der Waals surface area contributed by atoms with Gasteiger partial charge in [-0.05, 0) is 26.0 Å². The lowest BCUT2D eigenvalue weighted by molar-refractivity contribution is -0.114. The molecule has 2 aromatic heterocycles. The van der Waals surface area contributed by atoms with Crippen molar-refractivity contribution in [1.82, 2.24) is 29.3 Å². The standard InChI is InChI=1S/C26H27F2N7O6/c1-15(22(37)32-20-11-30-21(12-29-20)41-19-5-4-16(27)10-17(19)28)34-6-7-35(26(2,3)14-34)24(39)18-13-33(8-9-36)25(40)23(38)31-18/h4-5,10-13,36H,1,6-9,14H2,2-3H3,(H,31,38)(H,29,32,37). The van der Waals surface area contributed by atoms with E-state index < -0.39 is 40.1 Å². The summed E-state index contributed by atoms with van der Waals surface area (Å²) in [7, 11) is 0. The molecule has 1 fully saturated rings. The molecule has 1 saturated heterocycles. The maximum Gasteiger partial charge on any atom is 0.316 e. The number of aliphatic hydroxyl groups is 1. The molecule has 3 aromatic rings. The maximum absolute atomic E-state index is 13.8. The number of nitrogens with zero attached hydrogens (tertiary/aromatic N) is 5. The third kappa shape index (κ3) is 6.46. The summed E-state index contributed by atoms with van der Waals surface area (Å²) >= 11 is 0. The van der Waals surface area contributed by atoms with Gasteiger partial charge >= 0.3 is 11.1 Å². The van der Waals surface area contributed by atoms with Crippen LogP contribution in [0.15, 0.2) is 58.7 Å². The Hall–Kier alpha value is -4.92. The molecule has 3 N–H and O–H groups in total. The van der Waals surface area contributed by atoms with Gasteiger partial charge in [-0.25, -0.2) is 18.7 Å². The molecular formula is C26H27F2N7O6. The molecule has 216 valence electrons. The van der Waals surface area contributed by atoms with E-state index in [1.165, 1.54) is 17.3 Å². The molecule has 1 aliphatic rings. The van der Waals surface area contributed by atoms with Gasteiger partial charge in [-0.3, -0.25) is 19.2 Å². The lowest BCUT2D eigenvalue weighted by Gasteiger charge is -2.48. The van der Waals surface area contributed by atoms with Gasteiger partial charge in [-0.1, -0.05) is 6.58 Å². The van der Waals surface area contributed by atoms with Crippen molar-refractivity contribution < 1.29 is 28.2 Å². The zero-order valence-corrected chi connectivity index (χ0v) is 22.2. The summed E-state index contributed by atoms with van der Waals surface area (Å²) in [4.78, 5) is 63.6. The number of nitrogens with one attached hydrogen (secondary N) is 2. The number of hydrogen-bond donors (Lipinski definition) is 3. The minimum atomic E-state index is -0.976. The van der Waals surface area contributed by atoms with E-state index in [0.29, 0.717) is 6.07 Å². The number of aromatic amines is 1. The van der Waals surface area contributed by atoms with Crippen molar-refractivity contribution in [2.75, 3.05) is 31.6 Å². The summed E-state index contributed by atoms with van der Waals surface area (Å²) < 4.78 is 33.1. The van der Waals surface area contributed by atoms with Crippen LogP contribution in [-0.2, 0) is 11.3 Å². The van der Waals surface area contributed by atoms with Crippen LogP contribution in [0, 0.1) is 11.6 Å². The maximum atomic E-state index is 13.8. The first-order valence-corrected chi connectivity index (χ1v) is 12.4. The first-order valence-electron chi connectivity index (χ1n) is 12.4. The third-order valence-corrected chi connectivity index (χ3v) is 6.33. The Morgan fingerprint density at radius 1 is 1.20 bits per heavy atom. The molecule has 0 radical (unpaired) electrons. The second kappa shape index (κ2) is 11.7. The van der Waals surface area contributed by atoms with Crippen LogP contribution in [0.25, 0.3) is 0 Å². The summed E-state index contributed by atoms with van der Waals surface area (Å²) in [6.45, 7) is 7.53. The molecule has 0 saturated carbocycles. The predicted octanol–water partition coefficient (Wildman–Crippen LogP) is 1.08. The topological polar surface area (TPSA) is 163 Å². The van der Waals surface area contributed by atoms with Crippen molar-refractivity contribution in [3.8, 4) is 11.6 Å². The highest BCUT2D eigenvalue weighted by molar-refractivity contribution is 6.02.